The number of benzene rings is 1. The molecule has 1 aromatic rings. The van der Waals surface area contributed by atoms with Crippen molar-refractivity contribution in [3.8, 4) is 0 Å². The Hall–Kier alpha value is -0.190. The summed E-state index contributed by atoms with van der Waals surface area (Å²) < 4.78 is 1.10. The first-order valence-electron chi connectivity index (χ1n) is 6.17. The molecule has 0 aromatic heterocycles. The van der Waals surface area contributed by atoms with Crippen LogP contribution in [-0.2, 0) is 0 Å². The van der Waals surface area contributed by atoms with Gasteiger partial charge in [0, 0.05) is 21.1 Å². The van der Waals surface area contributed by atoms with E-state index in [0.717, 1.165) is 22.0 Å². The summed E-state index contributed by atoms with van der Waals surface area (Å²) in [5.41, 5.74) is 6.83. The molecule has 0 spiro atoms. The molecular weight excluding hydrogens is 296 g/mol. The minimum atomic E-state index is 0.760. The lowest BCUT2D eigenvalue weighted by atomic mass is 10.1. The smallest absolute Gasteiger partial charge is 0.0453 e. The largest absolute Gasteiger partial charge is 0.398 e. The fourth-order valence-corrected chi connectivity index (χ4v) is 3.64. The van der Waals surface area contributed by atoms with Crippen LogP contribution in [0.25, 0.3) is 0 Å². The normalized spacial score (nSPS) is 19.7. The summed E-state index contributed by atoms with van der Waals surface area (Å²) in [6.45, 7) is 1.20. The first-order chi connectivity index (χ1) is 8.25. The van der Waals surface area contributed by atoms with E-state index in [0.29, 0.717) is 0 Å². The molecule has 1 unspecified atom stereocenters. The van der Waals surface area contributed by atoms with E-state index in [1.54, 1.807) is 0 Å². The van der Waals surface area contributed by atoms with E-state index in [4.69, 9.17) is 5.73 Å². The maximum Gasteiger partial charge on any atom is 0.0453 e. The molecule has 0 saturated carbocycles. The standard InChI is InChI=1S/C13H19BrN2S/c14-10-5-6-12(15)13(9-10)17-8-2-4-11-3-1-7-16-11/h5-6,9,11,16H,1-4,7-8,15H2. The van der Waals surface area contributed by atoms with Crippen LogP contribution < -0.4 is 11.1 Å². The molecule has 0 amide bonds. The summed E-state index contributed by atoms with van der Waals surface area (Å²) in [6.07, 6.45) is 5.25. The van der Waals surface area contributed by atoms with Gasteiger partial charge in [0.25, 0.3) is 0 Å². The second kappa shape index (κ2) is 6.66. The van der Waals surface area contributed by atoms with Gasteiger partial charge in [-0.25, -0.2) is 0 Å². The van der Waals surface area contributed by atoms with Crippen molar-refractivity contribution in [2.24, 2.45) is 0 Å². The van der Waals surface area contributed by atoms with Gasteiger partial charge in [0.1, 0.15) is 0 Å². The molecule has 1 aromatic carbocycles. The molecule has 1 aliphatic heterocycles. The molecule has 1 saturated heterocycles. The SMILES string of the molecule is Nc1ccc(Br)cc1SCCCC1CCCN1. The van der Waals surface area contributed by atoms with E-state index < -0.39 is 0 Å². The molecule has 0 aliphatic carbocycles. The van der Waals surface area contributed by atoms with Crippen molar-refractivity contribution in [2.45, 2.75) is 36.6 Å². The molecule has 2 nitrogen and oxygen atoms in total. The van der Waals surface area contributed by atoms with Gasteiger partial charge in [0.2, 0.25) is 0 Å². The number of nitrogens with one attached hydrogen (secondary N) is 1. The first kappa shape index (κ1) is 13.2. The summed E-state index contributed by atoms with van der Waals surface area (Å²) in [6, 6.07) is 6.82. The summed E-state index contributed by atoms with van der Waals surface area (Å²) in [4.78, 5) is 1.19. The maximum absolute atomic E-state index is 5.94. The zero-order valence-corrected chi connectivity index (χ0v) is 12.3. The average Bonchev–Trinajstić information content (AvgIpc) is 2.82. The lowest BCUT2D eigenvalue weighted by Crippen LogP contribution is -2.20. The van der Waals surface area contributed by atoms with Crippen molar-refractivity contribution >= 4 is 33.4 Å². The van der Waals surface area contributed by atoms with Crippen molar-refractivity contribution in [1.29, 1.82) is 0 Å². The zero-order valence-electron chi connectivity index (χ0n) is 9.92. The Labute approximate surface area is 116 Å². The molecule has 94 valence electrons. The molecule has 1 aliphatic rings. The Morgan fingerprint density at radius 1 is 1.47 bits per heavy atom. The van der Waals surface area contributed by atoms with Gasteiger partial charge in [-0.3, -0.25) is 0 Å². The Bertz CT molecular complexity index is 364. The minimum Gasteiger partial charge on any atom is -0.398 e. The van der Waals surface area contributed by atoms with Gasteiger partial charge in [0.05, 0.1) is 0 Å². The van der Waals surface area contributed by atoms with E-state index >= 15 is 0 Å². The topological polar surface area (TPSA) is 38.0 Å². The van der Waals surface area contributed by atoms with E-state index in [-0.39, 0.29) is 0 Å². The second-order valence-electron chi connectivity index (χ2n) is 4.47. The van der Waals surface area contributed by atoms with Crippen LogP contribution in [0.4, 0.5) is 5.69 Å². The summed E-state index contributed by atoms with van der Waals surface area (Å²) >= 11 is 5.34. The predicted molar refractivity (Wildman–Crippen MR) is 79.5 cm³/mol. The third-order valence-corrected chi connectivity index (χ3v) is 4.74. The number of thioether (sulfide) groups is 1. The number of nitrogen functional groups attached to an aromatic ring is 1. The fourth-order valence-electron chi connectivity index (χ4n) is 2.15. The Morgan fingerprint density at radius 3 is 3.12 bits per heavy atom. The zero-order chi connectivity index (χ0) is 12.1. The van der Waals surface area contributed by atoms with E-state index in [2.05, 4.69) is 27.3 Å². The quantitative estimate of drug-likeness (QED) is 0.495. The highest BCUT2D eigenvalue weighted by Gasteiger charge is 2.12. The second-order valence-corrected chi connectivity index (χ2v) is 6.52. The fraction of sp³-hybridized carbons (Fsp3) is 0.538. The van der Waals surface area contributed by atoms with Crippen molar-refractivity contribution in [1.82, 2.24) is 5.32 Å². The number of anilines is 1. The van der Waals surface area contributed by atoms with Crippen molar-refractivity contribution < 1.29 is 0 Å². The van der Waals surface area contributed by atoms with Gasteiger partial charge in [-0.05, 0) is 56.2 Å². The van der Waals surface area contributed by atoms with Gasteiger partial charge in [-0.15, -0.1) is 11.8 Å². The first-order valence-corrected chi connectivity index (χ1v) is 7.95. The lowest BCUT2D eigenvalue weighted by Gasteiger charge is -2.10. The van der Waals surface area contributed by atoms with Crippen LogP contribution in [-0.4, -0.2) is 18.3 Å². The molecule has 1 heterocycles. The summed E-state index contributed by atoms with van der Waals surface area (Å²) in [5, 5.41) is 3.53. The third-order valence-electron chi connectivity index (χ3n) is 3.09. The molecule has 0 radical (unpaired) electrons. The molecule has 17 heavy (non-hydrogen) atoms. The van der Waals surface area contributed by atoms with Crippen molar-refractivity contribution in [3.63, 3.8) is 0 Å². The predicted octanol–water partition coefficient (Wildman–Crippen LogP) is 3.66. The van der Waals surface area contributed by atoms with Crippen molar-refractivity contribution in [3.05, 3.63) is 22.7 Å². The summed E-state index contributed by atoms with van der Waals surface area (Å²) in [7, 11) is 0. The highest BCUT2D eigenvalue weighted by molar-refractivity contribution is 9.10. The van der Waals surface area contributed by atoms with Crippen LogP contribution in [0.2, 0.25) is 0 Å². The molecule has 1 atom stereocenters. The minimum absolute atomic E-state index is 0.760. The van der Waals surface area contributed by atoms with Gasteiger partial charge >= 0.3 is 0 Å². The molecular formula is C13H19BrN2S. The number of nitrogens with two attached hydrogens (primary N) is 1. The highest BCUT2D eigenvalue weighted by atomic mass is 79.9. The molecule has 3 N–H and O–H groups in total. The maximum atomic E-state index is 5.94. The van der Waals surface area contributed by atoms with Crippen LogP contribution in [0.15, 0.2) is 27.6 Å². The van der Waals surface area contributed by atoms with Gasteiger partial charge in [-0.2, -0.15) is 0 Å². The van der Waals surface area contributed by atoms with Gasteiger partial charge in [0.15, 0.2) is 0 Å². The lowest BCUT2D eigenvalue weighted by molar-refractivity contribution is 0.553. The molecule has 4 heteroatoms. The van der Waals surface area contributed by atoms with Gasteiger partial charge in [-0.1, -0.05) is 15.9 Å². The molecule has 0 bridgehead atoms. The molecule has 1 fully saturated rings. The highest BCUT2D eigenvalue weighted by Crippen LogP contribution is 2.29. The Balaban J connectivity index is 1.72. The summed E-state index contributed by atoms with van der Waals surface area (Å²) in [5.74, 6) is 1.15. The van der Waals surface area contributed by atoms with Crippen LogP contribution in [0.5, 0.6) is 0 Å². The van der Waals surface area contributed by atoms with Crippen LogP contribution in [0.3, 0.4) is 0 Å². The number of rotatable bonds is 5. The van der Waals surface area contributed by atoms with Crippen LogP contribution in [0.1, 0.15) is 25.7 Å². The van der Waals surface area contributed by atoms with Crippen LogP contribution in [0, 0.1) is 0 Å². The van der Waals surface area contributed by atoms with E-state index in [9.17, 15) is 0 Å². The van der Waals surface area contributed by atoms with E-state index in [1.165, 1.54) is 37.1 Å². The van der Waals surface area contributed by atoms with E-state index in [1.807, 2.05) is 23.9 Å². The Morgan fingerprint density at radius 2 is 2.35 bits per heavy atom. The Kier molecular flexibility index (Phi) is 5.19. The number of hydrogen-bond acceptors (Lipinski definition) is 3. The average molecular weight is 315 g/mol. The molecule has 2 rings (SSSR count). The van der Waals surface area contributed by atoms with Gasteiger partial charge < -0.3 is 11.1 Å². The van der Waals surface area contributed by atoms with Crippen molar-refractivity contribution in [2.75, 3.05) is 18.0 Å². The monoisotopic (exact) mass is 314 g/mol. The van der Waals surface area contributed by atoms with Crippen LogP contribution >= 0.6 is 27.7 Å². The number of hydrogen-bond donors (Lipinski definition) is 2. The third kappa shape index (κ3) is 4.19. The number of halogens is 1.